The van der Waals surface area contributed by atoms with Crippen molar-refractivity contribution in [3.8, 4) is 0 Å². The van der Waals surface area contributed by atoms with Gasteiger partial charge in [0, 0.05) is 17.7 Å². The molecule has 1 aromatic rings. The number of rotatable bonds is 4. The number of allylic oxidation sites excluding steroid dienone is 2. The lowest BCUT2D eigenvalue weighted by atomic mass is 9.93. The molecule has 4 nitrogen and oxygen atoms in total. The summed E-state index contributed by atoms with van der Waals surface area (Å²) in [5.41, 5.74) is 0.961. The first-order chi connectivity index (χ1) is 13.0. The van der Waals surface area contributed by atoms with Crippen molar-refractivity contribution in [3.63, 3.8) is 0 Å². The zero-order chi connectivity index (χ0) is 20.4. The number of fused-ring (bicyclic) bond motifs is 2. The fourth-order valence-corrected chi connectivity index (χ4v) is 4.42. The van der Waals surface area contributed by atoms with Gasteiger partial charge in [-0.2, -0.15) is 13.2 Å². The summed E-state index contributed by atoms with van der Waals surface area (Å²) in [5.74, 6) is -0.00679. The van der Waals surface area contributed by atoms with Crippen LogP contribution >= 0.6 is 11.6 Å². The van der Waals surface area contributed by atoms with Crippen molar-refractivity contribution < 1.29 is 23.1 Å². The maximum atomic E-state index is 13.3. The molecule has 3 aliphatic rings. The second kappa shape index (κ2) is 6.32. The Labute approximate surface area is 165 Å². The van der Waals surface area contributed by atoms with E-state index in [0.29, 0.717) is 17.4 Å². The van der Waals surface area contributed by atoms with Crippen LogP contribution in [0.25, 0.3) is 0 Å². The predicted molar refractivity (Wildman–Crippen MR) is 97.6 cm³/mol. The Bertz CT molecular complexity index is 921. The molecule has 8 heteroatoms. The van der Waals surface area contributed by atoms with E-state index in [9.17, 15) is 23.1 Å². The molecule has 28 heavy (non-hydrogen) atoms. The molecule has 3 aliphatic carbocycles. The fraction of sp³-hybridized carbons (Fsp3) is 0.500. The summed E-state index contributed by atoms with van der Waals surface area (Å²) in [4.78, 5) is 16.9. The molecule has 1 saturated carbocycles. The van der Waals surface area contributed by atoms with E-state index < -0.39 is 28.2 Å². The predicted octanol–water partition coefficient (Wildman–Crippen LogP) is 4.00. The highest BCUT2D eigenvalue weighted by molar-refractivity contribution is 6.31. The molecule has 0 saturated heterocycles. The van der Waals surface area contributed by atoms with Crippen LogP contribution in [0.2, 0.25) is 5.02 Å². The van der Waals surface area contributed by atoms with Crippen molar-refractivity contribution in [2.45, 2.75) is 44.3 Å². The molecule has 4 rings (SSSR count). The van der Waals surface area contributed by atoms with Crippen LogP contribution in [0.3, 0.4) is 0 Å². The molecular formula is C20H20ClF3N2O2. The maximum Gasteiger partial charge on any atom is 0.417 e. The minimum atomic E-state index is -4.57. The number of aliphatic hydroxyl groups excluding tert-OH is 1. The number of carbonyl (C=O) groups is 1. The molecule has 1 fully saturated rings. The Hall–Kier alpha value is -1.86. The van der Waals surface area contributed by atoms with E-state index in [1.165, 1.54) is 0 Å². The molecule has 2 N–H and O–H groups in total. The molecule has 0 bridgehead atoms. The number of pyridine rings is 1. The van der Waals surface area contributed by atoms with E-state index in [2.05, 4.69) is 10.3 Å². The van der Waals surface area contributed by atoms with Gasteiger partial charge in [0.15, 0.2) is 0 Å². The molecule has 0 spiro atoms. The number of halogens is 4. The van der Waals surface area contributed by atoms with Crippen LogP contribution in [-0.4, -0.2) is 28.1 Å². The van der Waals surface area contributed by atoms with E-state index in [0.717, 1.165) is 36.3 Å². The van der Waals surface area contributed by atoms with E-state index >= 15 is 0 Å². The summed E-state index contributed by atoms with van der Waals surface area (Å²) < 4.78 is 39.8. The number of hydrogen-bond donors (Lipinski definition) is 2. The van der Waals surface area contributed by atoms with Gasteiger partial charge in [0.05, 0.1) is 28.4 Å². The first kappa shape index (κ1) is 19.5. The van der Waals surface area contributed by atoms with E-state index in [1.807, 2.05) is 0 Å². The number of alkyl halides is 3. The summed E-state index contributed by atoms with van der Waals surface area (Å²) >= 11 is 5.71. The number of nitrogens with one attached hydrogen (secondary N) is 1. The van der Waals surface area contributed by atoms with E-state index in [4.69, 9.17) is 11.6 Å². The Morgan fingerprint density at radius 3 is 2.75 bits per heavy atom. The average molecular weight is 413 g/mol. The minimum Gasteiger partial charge on any atom is -0.394 e. The van der Waals surface area contributed by atoms with Crippen LogP contribution in [0.4, 0.5) is 13.2 Å². The molecule has 1 heterocycles. The van der Waals surface area contributed by atoms with Gasteiger partial charge >= 0.3 is 6.18 Å². The summed E-state index contributed by atoms with van der Waals surface area (Å²) in [6.07, 6.45) is -0.0785. The van der Waals surface area contributed by atoms with Gasteiger partial charge in [0.1, 0.15) is 0 Å². The van der Waals surface area contributed by atoms with Crippen molar-refractivity contribution >= 4 is 17.5 Å². The van der Waals surface area contributed by atoms with Crippen molar-refractivity contribution in [1.29, 1.82) is 0 Å². The van der Waals surface area contributed by atoms with Gasteiger partial charge in [0.25, 0.3) is 5.91 Å². The molecule has 0 aliphatic heterocycles. The fourth-order valence-electron chi connectivity index (χ4n) is 4.21. The highest BCUT2D eigenvalue weighted by Gasteiger charge is 2.53. The first-order valence-corrected chi connectivity index (χ1v) is 9.51. The molecule has 1 aromatic heterocycles. The molecule has 150 valence electrons. The third-order valence-corrected chi connectivity index (χ3v) is 6.02. The monoisotopic (exact) mass is 412 g/mol. The van der Waals surface area contributed by atoms with Crippen molar-refractivity contribution in [3.05, 3.63) is 51.3 Å². The second-order valence-corrected chi connectivity index (χ2v) is 8.79. The number of hydrogen-bond acceptors (Lipinski definition) is 3. The SMILES string of the molecule is CC(C)(CO)NC(=O)C1=CC(c2cc(C(F)(F)F)c(Cl)cn2)C2=C1C[C@H]1C[C@@H]21. The topological polar surface area (TPSA) is 62.2 Å². The molecule has 1 unspecified atom stereocenters. The molecule has 0 radical (unpaired) electrons. The van der Waals surface area contributed by atoms with Gasteiger partial charge in [-0.15, -0.1) is 0 Å². The van der Waals surface area contributed by atoms with Gasteiger partial charge in [-0.25, -0.2) is 0 Å². The largest absolute Gasteiger partial charge is 0.417 e. The number of nitrogens with zero attached hydrogens (tertiary/aromatic N) is 1. The lowest BCUT2D eigenvalue weighted by molar-refractivity contribution is -0.137. The lowest BCUT2D eigenvalue weighted by Crippen LogP contribution is -2.46. The summed E-state index contributed by atoms with van der Waals surface area (Å²) in [6, 6.07) is 0.988. The van der Waals surface area contributed by atoms with Crippen molar-refractivity contribution in [2.24, 2.45) is 11.8 Å². The van der Waals surface area contributed by atoms with Gasteiger partial charge in [-0.3, -0.25) is 9.78 Å². The minimum absolute atomic E-state index is 0.222. The zero-order valence-electron chi connectivity index (χ0n) is 15.4. The lowest BCUT2D eigenvalue weighted by Gasteiger charge is -2.24. The van der Waals surface area contributed by atoms with Crippen LogP contribution in [-0.2, 0) is 11.0 Å². The second-order valence-electron chi connectivity index (χ2n) is 8.38. The highest BCUT2D eigenvalue weighted by Crippen LogP contribution is 2.63. The van der Waals surface area contributed by atoms with Crippen molar-refractivity contribution in [2.75, 3.05) is 6.61 Å². The van der Waals surface area contributed by atoms with Gasteiger partial charge in [0.2, 0.25) is 0 Å². The van der Waals surface area contributed by atoms with Crippen LogP contribution in [0.15, 0.2) is 35.1 Å². The van der Waals surface area contributed by atoms with Crippen LogP contribution in [0, 0.1) is 11.8 Å². The number of aliphatic hydroxyl groups is 1. The third kappa shape index (κ3) is 3.24. The number of aromatic nitrogens is 1. The average Bonchev–Trinajstić information content (AvgIpc) is 3.09. The quantitative estimate of drug-likeness (QED) is 0.785. The van der Waals surface area contributed by atoms with Crippen LogP contribution in [0.1, 0.15) is 43.9 Å². The number of carbonyl (C=O) groups excluding carboxylic acids is 1. The first-order valence-electron chi connectivity index (χ1n) is 9.13. The summed E-state index contributed by atoms with van der Waals surface area (Å²) in [5, 5.41) is 11.8. The zero-order valence-corrected chi connectivity index (χ0v) is 16.2. The van der Waals surface area contributed by atoms with Gasteiger partial charge in [-0.05, 0) is 55.7 Å². The Kier molecular flexibility index (Phi) is 4.39. The summed E-state index contributed by atoms with van der Waals surface area (Å²) in [7, 11) is 0. The molecule has 0 aromatic carbocycles. The Morgan fingerprint density at radius 1 is 1.39 bits per heavy atom. The highest BCUT2D eigenvalue weighted by atomic mass is 35.5. The Balaban J connectivity index is 1.72. The standard InChI is InChI=1S/C20H20ClF3N2O2/c1-19(2,8-27)26-18(28)12-5-13(17-10-3-9(10)4-11(12)17)16-6-14(20(22,23)24)15(21)7-25-16/h5-7,9-10,13,27H,3-4,8H2,1-2H3,(H,26,28)/t9-,10-,13?/m1/s1. The molecule has 3 atom stereocenters. The van der Waals surface area contributed by atoms with Crippen molar-refractivity contribution in [1.82, 2.24) is 10.3 Å². The Morgan fingerprint density at radius 2 is 2.11 bits per heavy atom. The van der Waals surface area contributed by atoms with Crippen LogP contribution in [0.5, 0.6) is 0 Å². The maximum absolute atomic E-state index is 13.3. The smallest absolute Gasteiger partial charge is 0.394 e. The van der Waals surface area contributed by atoms with Gasteiger partial charge in [-0.1, -0.05) is 17.7 Å². The van der Waals surface area contributed by atoms with Crippen LogP contribution < -0.4 is 5.32 Å². The number of amides is 1. The summed E-state index contributed by atoms with van der Waals surface area (Å²) in [6.45, 7) is 3.19. The normalized spacial score (nSPS) is 26.1. The van der Waals surface area contributed by atoms with E-state index in [-0.39, 0.29) is 18.2 Å². The molecule has 1 amide bonds. The third-order valence-electron chi connectivity index (χ3n) is 5.72. The van der Waals surface area contributed by atoms with Gasteiger partial charge < -0.3 is 10.4 Å². The van der Waals surface area contributed by atoms with E-state index in [1.54, 1.807) is 19.9 Å². The molecular weight excluding hydrogens is 393 g/mol.